The molecule has 0 fully saturated rings. The molecule has 0 saturated carbocycles. The number of hydrogen-bond acceptors (Lipinski definition) is 5. The smallest absolute Gasteiger partial charge is 0.283 e. The van der Waals surface area contributed by atoms with Crippen LogP contribution in [-0.4, -0.2) is 13.0 Å². The normalized spacial score (nSPS) is 11.1. The van der Waals surface area contributed by atoms with Gasteiger partial charge in [-0.25, -0.2) is 11.0 Å². The highest BCUT2D eigenvalue weighted by Gasteiger charge is 2.15. The highest BCUT2D eigenvalue weighted by molar-refractivity contribution is 7.86. The summed E-state index contributed by atoms with van der Waals surface area (Å²) in [6.45, 7) is 0. The van der Waals surface area contributed by atoms with E-state index in [-0.39, 0.29) is 10.6 Å². The number of hydrogen-bond donors (Lipinski definition) is 3. The fraction of sp³-hybridized carbons (Fsp3) is 0. The lowest BCUT2D eigenvalue weighted by Gasteiger charge is -2.21. The lowest BCUT2D eigenvalue weighted by molar-refractivity contribution is 0.483. The van der Waals surface area contributed by atoms with Crippen LogP contribution in [0.15, 0.2) is 59.5 Å². The van der Waals surface area contributed by atoms with Gasteiger partial charge in [0.2, 0.25) is 0 Å². The third-order valence-corrected chi connectivity index (χ3v) is 3.35. The molecule has 0 bridgehead atoms. The second-order valence-electron chi connectivity index (χ2n) is 3.79. The van der Waals surface area contributed by atoms with Gasteiger partial charge in [0.15, 0.2) is 0 Å². The Bertz CT molecular complexity index is 659. The Morgan fingerprint density at radius 3 is 2.21 bits per heavy atom. The van der Waals surface area contributed by atoms with Crippen molar-refractivity contribution in [3.8, 4) is 0 Å². The number of hydrazine groups is 2. The number of nitrogens with zero attached hydrogens (tertiary/aromatic N) is 1. The minimum Gasteiger partial charge on any atom is -0.283 e. The van der Waals surface area contributed by atoms with Crippen LogP contribution in [0.2, 0.25) is 0 Å². The molecule has 19 heavy (non-hydrogen) atoms. The summed E-state index contributed by atoms with van der Waals surface area (Å²) in [5, 5.41) is 1.17. The van der Waals surface area contributed by atoms with Gasteiger partial charge in [-0.1, -0.05) is 30.3 Å². The van der Waals surface area contributed by atoms with Crippen LogP contribution in [0, 0.1) is 0 Å². The predicted octanol–water partition coefficient (Wildman–Crippen LogP) is 1.64. The topological polar surface area (TPSA) is 95.7 Å². The maximum Gasteiger partial charge on any atom is 0.296 e. The van der Waals surface area contributed by atoms with E-state index in [9.17, 15) is 8.42 Å². The highest BCUT2D eigenvalue weighted by atomic mass is 32.2. The standard InChI is InChI=1S/C12H13N3O3S/c13-15(10-6-2-1-3-7-10)14-11-8-4-5-9-12(11)19(16,17)18/h1-9,14H,13H2,(H,16,17,18). The summed E-state index contributed by atoms with van der Waals surface area (Å²) >= 11 is 0. The van der Waals surface area contributed by atoms with Crippen LogP contribution in [0.3, 0.4) is 0 Å². The zero-order chi connectivity index (χ0) is 13.9. The van der Waals surface area contributed by atoms with Crippen molar-refractivity contribution in [3.63, 3.8) is 0 Å². The number of nitrogens with two attached hydrogens (primary N) is 1. The molecule has 0 aliphatic heterocycles. The van der Waals surface area contributed by atoms with Gasteiger partial charge < -0.3 is 0 Å². The molecule has 100 valence electrons. The molecule has 2 rings (SSSR count). The Morgan fingerprint density at radius 1 is 1.00 bits per heavy atom. The van der Waals surface area contributed by atoms with Crippen LogP contribution in [0.4, 0.5) is 11.4 Å². The second kappa shape index (κ2) is 5.27. The number of benzene rings is 2. The van der Waals surface area contributed by atoms with Crippen LogP contribution in [0.1, 0.15) is 0 Å². The van der Waals surface area contributed by atoms with Crippen molar-refractivity contribution in [3.05, 3.63) is 54.6 Å². The molecule has 0 heterocycles. The monoisotopic (exact) mass is 279 g/mol. The third kappa shape index (κ3) is 3.22. The van der Waals surface area contributed by atoms with Gasteiger partial charge in [0, 0.05) is 0 Å². The summed E-state index contributed by atoms with van der Waals surface area (Å²) < 4.78 is 31.6. The molecule has 0 aromatic heterocycles. The van der Waals surface area contributed by atoms with E-state index in [2.05, 4.69) is 5.43 Å². The molecule has 6 nitrogen and oxygen atoms in total. The van der Waals surface area contributed by atoms with Crippen molar-refractivity contribution in [2.75, 3.05) is 10.5 Å². The van der Waals surface area contributed by atoms with Crippen molar-refractivity contribution < 1.29 is 13.0 Å². The van der Waals surface area contributed by atoms with E-state index < -0.39 is 10.1 Å². The van der Waals surface area contributed by atoms with E-state index in [0.717, 1.165) is 0 Å². The largest absolute Gasteiger partial charge is 0.296 e. The maximum atomic E-state index is 11.2. The molecule has 0 aliphatic carbocycles. The van der Waals surface area contributed by atoms with E-state index >= 15 is 0 Å². The number of rotatable bonds is 4. The third-order valence-electron chi connectivity index (χ3n) is 2.44. The Kier molecular flexibility index (Phi) is 3.70. The van der Waals surface area contributed by atoms with Crippen LogP contribution in [0.5, 0.6) is 0 Å². The van der Waals surface area contributed by atoms with E-state index in [1.807, 2.05) is 6.07 Å². The quantitative estimate of drug-likeness (QED) is 0.447. The van der Waals surface area contributed by atoms with Crippen molar-refractivity contribution >= 4 is 21.5 Å². The summed E-state index contributed by atoms with van der Waals surface area (Å²) in [7, 11) is -4.31. The van der Waals surface area contributed by atoms with E-state index in [1.165, 1.54) is 23.3 Å². The maximum absolute atomic E-state index is 11.2. The first kappa shape index (κ1) is 13.3. The number of anilines is 2. The second-order valence-corrected chi connectivity index (χ2v) is 5.18. The van der Waals surface area contributed by atoms with Crippen LogP contribution < -0.4 is 16.4 Å². The molecule has 2 aromatic carbocycles. The Hall–Kier alpha value is -2.09. The van der Waals surface area contributed by atoms with Gasteiger partial charge in [-0.15, -0.1) is 0 Å². The zero-order valence-corrected chi connectivity index (χ0v) is 10.7. The molecule has 0 amide bonds. The summed E-state index contributed by atoms with van der Waals surface area (Å²) in [6, 6.07) is 14.9. The molecule has 0 spiro atoms. The van der Waals surface area contributed by atoms with Gasteiger partial charge in [-0.3, -0.25) is 9.98 Å². The molecule has 7 heteroatoms. The summed E-state index contributed by atoms with van der Waals surface area (Å²) in [5.41, 5.74) is 3.54. The van der Waals surface area contributed by atoms with Gasteiger partial charge in [-0.2, -0.15) is 8.42 Å². The fourth-order valence-corrected chi connectivity index (χ4v) is 2.21. The SMILES string of the molecule is NN(Nc1ccccc1S(=O)(=O)O)c1ccccc1. The van der Waals surface area contributed by atoms with Crippen molar-refractivity contribution in [1.29, 1.82) is 0 Å². The lowest BCUT2D eigenvalue weighted by Crippen LogP contribution is -2.37. The van der Waals surface area contributed by atoms with Crippen molar-refractivity contribution in [2.24, 2.45) is 5.84 Å². The molecule has 4 N–H and O–H groups in total. The Labute approximate surface area is 111 Å². The molecular weight excluding hydrogens is 266 g/mol. The summed E-state index contributed by atoms with van der Waals surface area (Å²) in [5.74, 6) is 5.78. The van der Waals surface area contributed by atoms with Gasteiger partial charge in [0.05, 0.1) is 11.4 Å². The average Bonchev–Trinajstić information content (AvgIpc) is 2.39. The molecular formula is C12H13N3O3S. The van der Waals surface area contributed by atoms with Gasteiger partial charge in [-0.05, 0) is 24.3 Å². The molecule has 2 aromatic rings. The van der Waals surface area contributed by atoms with E-state index in [4.69, 9.17) is 10.4 Å². The minimum absolute atomic E-state index is 0.191. The van der Waals surface area contributed by atoms with E-state index in [1.54, 1.807) is 30.3 Å². The molecule has 0 unspecified atom stereocenters. The summed E-state index contributed by atoms with van der Waals surface area (Å²) in [4.78, 5) is -0.235. The van der Waals surface area contributed by atoms with E-state index in [0.29, 0.717) is 5.69 Å². The molecule has 0 radical (unpaired) electrons. The van der Waals surface area contributed by atoms with Crippen molar-refractivity contribution in [1.82, 2.24) is 0 Å². The van der Waals surface area contributed by atoms with Crippen LogP contribution in [-0.2, 0) is 10.1 Å². The first-order valence-electron chi connectivity index (χ1n) is 5.41. The fourth-order valence-electron chi connectivity index (χ4n) is 1.57. The molecule has 0 saturated heterocycles. The molecule has 0 aliphatic rings. The molecule has 0 atom stereocenters. The lowest BCUT2D eigenvalue weighted by atomic mass is 10.3. The average molecular weight is 279 g/mol. The van der Waals surface area contributed by atoms with Crippen LogP contribution >= 0.6 is 0 Å². The highest BCUT2D eigenvalue weighted by Crippen LogP contribution is 2.21. The Morgan fingerprint density at radius 2 is 1.58 bits per heavy atom. The Balaban J connectivity index is 2.30. The minimum atomic E-state index is -4.31. The zero-order valence-electron chi connectivity index (χ0n) is 9.89. The van der Waals surface area contributed by atoms with Gasteiger partial charge in [0.1, 0.15) is 4.90 Å². The van der Waals surface area contributed by atoms with Gasteiger partial charge >= 0.3 is 0 Å². The van der Waals surface area contributed by atoms with Crippen LogP contribution in [0.25, 0.3) is 0 Å². The van der Waals surface area contributed by atoms with Gasteiger partial charge in [0.25, 0.3) is 10.1 Å². The summed E-state index contributed by atoms with van der Waals surface area (Å²) in [6.07, 6.45) is 0. The first-order chi connectivity index (χ1) is 8.98. The first-order valence-corrected chi connectivity index (χ1v) is 6.85. The number of para-hydroxylation sites is 2. The number of nitrogens with one attached hydrogen (secondary N) is 1. The predicted molar refractivity (Wildman–Crippen MR) is 73.0 cm³/mol. The van der Waals surface area contributed by atoms with Crippen molar-refractivity contribution in [2.45, 2.75) is 4.90 Å².